The number of para-hydroxylation sites is 1. The van der Waals surface area contributed by atoms with Crippen LogP contribution in [0, 0.1) is 0 Å². The molecule has 1 aromatic heterocycles. The molecule has 0 aliphatic heterocycles. The van der Waals surface area contributed by atoms with Gasteiger partial charge in [0.2, 0.25) is 5.78 Å². The zero-order valence-electron chi connectivity index (χ0n) is 9.78. The molecule has 0 radical (unpaired) electrons. The third-order valence-corrected chi connectivity index (χ3v) is 3.87. The van der Waals surface area contributed by atoms with Crippen molar-refractivity contribution in [2.45, 2.75) is 31.3 Å². The molecular formula is C14H13ClO3. The lowest BCUT2D eigenvalue weighted by Crippen LogP contribution is -2.34. The molecule has 0 saturated heterocycles. The van der Waals surface area contributed by atoms with Gasteiger partial charge in [-0.3, -0.25) is 4.79 Å². The van der Waals surface area contributed by atoms with Crippen LogP contribution in [0.3, 0.4) is 0 Å². The number of furan rings is 1. The molecule has 1 aliphatic carbocycles. The Morgan fingerprint density at radius 1 is 1.33 bits per heavy atom. The molecule has 3 rings (SSSR count). The van der Waals surface area contributed by atoms with Crippen molar-refractivity contribution in [2.24, 2.45) is 0 Å². The summed E-state index contributed by atoms with van der Waals surface area (Å²) in [5.41, 5.74) is -0.746. The standard InChI is InChI=1S/C14H13ClO3/c15-10-5-3-4-9-8-11(18-12(9)10)13(16)14(17)6-1-2-7-14/h3-5,8,17H,1-2,6-7H2. The summed E-state index contributed by atoms with van der Waals surface area (Å²) < 4.78 is 5.50. The number of halogens is 1. The van der Waals surface area contributed by atoms with Crippen LogP contribution in [0.25, 0.3) is 11.0 Å². The highest BCUT2D eigenvalue weighted by molar-refractivity contribution is 6.34. The SMILES string of the molecule is O=C(c1cc2cccc(Cl)c2o1)C1(O)CCCC1. The summed E-state index contributed by atoms with van der Waals surface area (Å²) in [5, 5.41) is 11.5. The Morgan fingerprint density at radius 3 is 2.72 bits per heavy atom. The Morgan fingerprint density at radius 2 is 2.06 bits per heavy atom. The van der Waals surface area contributed by atoms with Gasteiger partial charge in [0.25, 0.3) is 0 Å². The topological polar surface area (TPSA) is 50.4 Å². The number of aliphatic hydroxyl groups is 1. The van der Waals surface area contributed by atoms with Crippen molar-refractivity contribution < 1.29 is 14.3 Å². The summed E-state index contributed by atoms with van der Waals surface area (Å²) in [6, 6.07) is 7.00. The Kier molecular flexibility index (Phi) is 2.68. The number of Topliss-reactive ketones (excluding diaryl/α,β-unsaturated/α-hetero) is 1. The van der Waals surface area contributed by atoms with E-state index in [-0.39, 0.29) is 11.5 Å². The molecule has 0 unspecified atom stereocenters. The highest BCUT2D eigenvalue weighted by Gasteiger charge is 2.40. The predicted octanol–water partition coefficient (Wildman–Crippen LogP) is 3.57. The Hall–Kier alpha value is -1.32. The van der Waals surface area contributed by atoms with E-state index in [0.717, 1.165) is 18.2 Å². The Labute approximate surface area is 109 Å². The second-order valence-corrected chi connectivity index (χ2v) is 5.24. The summed E-state index contributed by atoms with van der Waals surface area (Å²) in [5.74, 6) is -0.130. The van der Waals surface area contributed by atoms with E-state index in [1.54, 1.807) is 18.2 Å². The van der Waals surface area contributed by atoms with Crippen LogP contribution in [0.1, 0.15) is 36.2 Å². The number of carbonyl (C=O) groups excluding carboxylic acids is 1. The van der Waals surface area contributed by atoms with Crippen LogP contribution in [0.5, 0.6) is 0 Å². The first-order valence-electron chi connectivity index (χ1n) is 6.05. The molecular weight excluding hydrogens is 252 g/mol. The van der Waals surface area contributed by atoms with E-state index in [2.05, 4.69) is 0 Å². The number of benzene rings is 1. The van der Waals surface area contributed by atoms with Gasteiger partial charge in [-0.1, -0.05) is 23.7 Å². The Bertz CT molecular complexity index is 609. The van der Waals surface area contributed by atoms with Crippen LogP contribution in [-0.4, -0.2) is 16.5 Å². The van der Waals surface area contributed by atoms with Crippen molar-refractivity contribution in [2.75, 3.05) is 0 Å². The summed E-state index contributed by atoms with van der Waals surface area (Å²) >= 11 is 6.00. The lowest BCUT2D eigenvalue weighted by Gasteiger charge is -2.18. The van der Waals surface area contributed by atoms with Gasteiger partial charge in [0.05, 0.1) is 5.02 Å². The highest BCUT2D eigenvalue weighted by atomic mass is 35.5. The number of rotatable bonds is 2. The molecule has 1 saturated carbocycles. The molecule has 3 nitrogen and oxygen atoms in total. The van der Waals surface area contributed by atoms with Gasteiger partial charge < -0.3 is 9.52 Å². The fourth-order valence-corrected chi connectivity index (χ4v) is 2.78. The van der Waals surface area contributed by atoms with Crippen molar-refractivity contribution in [1.82, 2.24) is 0 Å². The molecule has 4 heteroatoms. The molecule has 0 amide bonds. The third kappa shape index (κ3) is 1.74. The van der Waals surface area contributed by atoms with Gasteiger partial charge in [-0.25, -0.2) is 0 Å². The van der Waals surface area contributed by atoms with Gasteiger partial charge in [0, 0.05) is 5.39 Å². The molecule has 0 atom stereocenters. The molecule has 94 valence electrons. The molecule has 1 heterocycles. The predicted molar refractivity (Wildman–Crippen MR) is 69.0 cm³/mol. The van der Waals surface area contributed by atoms with Gasteiger partial charge in [0.1, 0.15) is 5.60 Å². The molecule has 18 heavy (non-hydrogen) atoms. The monoisotopic (exact) mass is 264 g/mol. The first-order chi connectivity index (χ1) is 8.60. The molecule has 2 aromatic rings. The van der Waals surface area contributed by atoms with Crippen LogP contribution < -0.4 is 0 Å². The van der Waals surface area contributed by atoms with E-state index in [1.807, 2.05) is 6.07 Å². The first-order valence-corrected chi connectivity index (χ1v) is 6.43. The highest BCUT2D eigenvalue weighted by Crippen LogP contribution is 2.35. The zero-order chi connectivity index (χ0) is 12.8. The van der Waals surface area contributed by atoms with Gasteiger partial charge >= 0.3 is 0 Å². The quantitative estimate of drug-likeness (QED) is 0.844. The second-order valence-electron chi connectivity index (χ2n) is 4.84. The van der Waals surface area contributed by atoms with Crippen molar-refractivity contribution in [3.63, 3.8) is 0 Å². The van der Waals surface area contributed by atoms with Gasteiger partial charge in [-0.05, 0) is 37.8 Å². The van der Waals surface area contributed by atoms with E-state index >= 15 is 0 Å². The van der Waals surface area contributed by atoms with Crippen LogP contribution in [0.15, 0.2) is 28.7 Å². The lowest BCUT2D eigenvalue weighted by molar-refractivity contribution is 0.0328. The van der Waals surface area contributed by atoms with Crippen LogP contribution in [-0.2, 0) is 0 Å². The Balaban J connectivity index is 2.04. The van der Waals surface area contributed by atoms with Crippen LogP contribution in [0.4, 0.5) is 0 Å². The first kappa shape index (κ1) is 11.8. The van der Waals surface area contributed by atoms with E-state index in [4.69, 9.17) is 16.0 Å². The normalized spacial score (nSPS) is 18.3. The number of hydrogen-bond acceptors (Lipinski definition) is 3. The van der Waals surface area contributed by atoms with E-state index in [9.17, 15) is 9.90 Å². The zero-order valence-corrected chi connectivity index (χ0v) is 10.5. The van der Waals surface area contributed by atoms with E-state index in [1.165, 1.54) is 0 Å². The molecule has 0 spiro atoms. The summed E-state index contributed by atoms with van der Waals surface area (Å²) in [6.07, 6.45) is 2.78. The van der Waals surface area contributed by atoms with Crippen LogP contribution in [0.2, 0.25) is 5.02 Å². The summed E-state index contributed by atoms with van der Waals surface area (Å²) in [4.78, 5) is 12.3. The maximum Gasteiger partial charge on any atom is 0.229 e. The van der Waals surface area contributed by atoms with E-state index in [0.29, 0.717) is 23.4 Å². The lowest BCUT2D eigenvalue weighted by atomic mass is 9.95. The number of carbonyl (C=O) groups is 1. The van der Waals surface area contributed by atoms with Crippen molar-refractivity contribution in [1.29, 1.82) is 0 Å². The average Bonchev–Trinajstić information content (AvgIpc) is 2.96. The fourth-order valence-electron chi connectivity index (χ4n) is 2.56. The minimum Gasteiger partial charge on any atom is -0.451 e. The molecule has 1 aromatic carbocycles. The average molecular weight is 265 g/mol. The number of fused-ring (bicyclic) bond motifs is 1. The third-order valence-electron chi connectivity index (χ3n) is 3.57. The molecule has 1 aliphatic rings. The van der Waals surface area contributed by atoms with Gasteiger partial charge in [0.15, 0.2) is 11.3 Å². The van der Waals surface area contributed by atoms with E-state index < -0.39 is 5.60 Å². The minimum atomic E-state index is -1.25. The fraction of sp³-hybridized carbons (Fsp3) is 0.357. The van der Waals surface area contributed by atoms with Gasteiger partial charge in [-0.2, -0.15) is 0 Å². The van der Waals surface area contributed by atoms with Crippen molar-refractivity contribution in [3.05, 3.63) is 35.0 Å². The van der Waals surface area contributed by atoms with Crippen molar-refractivity contribution in [3.8, 4) is 0 Å². The molecule has 1 N–H and O–H groups in total. The summed E-state index contributed by atoms with van der Waals surface area (Å²) in [7, 11) is 0. The second kappa shape index (κ2) is 4.11. The largest absolute Gasteiger partial charge is 0.451 e. The summed E-state index contributed by atoms with van der Waals surface area (Å²) in [6.45, 7) is 0. The van der Waals surface area contributed by atoms with Crippen LogP contribution >= 0.6 is 11.6 Å². The minimum absolute atomic E-state index is 0.197. The maximum absolute atomic E-state index is 12.3. The number of ketones is 1. The van der Waals surface area contributed by atoms with Crippen molar-refractivity contribution >= 4 is 28.4 Å². The smallest absolute Gasteiger partial charge is 0.229 e. The molecule has 1 fully saturated rings. The molecule has 0 bridgehead atoms. The maximum atomic E-state index is 12.3. The van der Waals surface area contributed by atoms with Gasteiger partial charge in [-0.15, -0.1) is 0 Å². The number of hydrogen-bond donors (Lipinski definition) is 1.